The van der Waals surface area contributed by atoms with Crippen LogP contribution in [-0.2, 0) is 50.8 Å². The van der Waals surface area contributed by atoms with Crippen LogP contribution in [0, 0.1) is 0 Å². The summed E-state index contributed by atoms with van der Waals surface area (Å²) in [5, 5.41) is 17.1. The van der Waals surface area contributed by atoms with Gasteiger partial charge in [-0.1, -0.05) is 7.43 Å². The number of likely N-dealkylation sites (tertiary alicyclic amines) is 2. The monoisotopic (exact) mass is 1380 g/mol. The molecule has 4 fully saturated rings. The topological polar surface area (TPSA) is 300 Å². The number of thiol groups is 1. The Morgan fingerprint density at radius 2 is 0.874 bits per heavy atom. The first kappa shape index (κ1) is 69.6. The van der Waals surface area contributed by atoms with E-state index in [1.54, 1.807) is 34.6 Å². The molecule has 4 saturated heterocycles. The third kappa shape index (κ3) is 17.9. The molecule has 4 aromatic heterocycles. The van der Waals surface area contributed by atoms with E-state index in [1.165, 1.54) is 0 Å². The Labute approximate surface area is 536 Å². The number of alkyl halides is 1. The fourth-order valence-corrected chi connectivity index (χ4v) is 11.5. The molecule has 6 N–H and O–H groups in total. The zero-order valence-corrected chi connectivity index (χ0v) is 53.3. The maximum atomic E-state index is 12.2. The van der Waals surface area contributed by atoms with Gasteiger partial charge in [0.25, 0.3) is 0 Å². The van der Waals surface area contributed by atoms with E-state index in [2.05, 4.69) is 108 Å². The van der Waals surface area contributed by atoms with Crippen LogP contribution < -0.4 is 31.9 Å². The Morgan fingerprint density at radius 1 is 0.598 bits per heavy atom. The molecule has 1 radical (unpaired) electrons. The molecule has 0 aliphatic carbocycles. The van der Waals surface area contributed by atoms with Crippen molar-refractivity contribution in [3.8, 4) is 0 Å². The molecule has 473 valence electrons. The molecule has 0 aromatic carbocycles. The van der Waals surface area contributed by atoms with Crippen molar-refractivity contribution in [3.05, 3.63) is 92.4 Å². The predicted molar refractivity (Wildman–Crippen MR) is 336 cm³/mol. The Kier molecular flexibility index (Phi) is 24.5. The van der Waals surface area contributed by atoms with Gasteiger partial charge in [0.2, 0.25) is 0 Å². The molecule has 0 saturated carbocycles. The number of hydrogen-bond acceptors (Lipinski definition) is 20. The molecule has 0 bridgehead atoms. The molecule has 12 heterocycles. The van der Waals surface area contributed by atoms with Crippen molar-refractivity contribution in [2.24, 2.45) is 4.30 Å². The molecule has 6 amide bonds. The van der Waals surface area contributed by atoms with E-state index < -0.39 is 65.1 Å². The van der Waals surface area contributed by atoms with Gasteiger partial charge in [0.15, 0.2) is 0 Å². The van der Waals surface area contributed by atoms with Gasteiger partial charge in [-0.05, 0) is 136 Å². The van der Waals surface area contributed by atoms with E-state index in [0.717, 1.165) is 83.1 Å². The first-order valence-corrected chi connectivity index (χ1v) is 29.3. The normalized spacial score (nSPS) is 19.2. The molecule has 8 aliphatic heterocycles. The second-order valence-electron chi connectivity index (χ2n) is 22.5. The van der Waals surface area contributed by atoms with Crippen LogP contribution in [0.1, 0.15) is 124 Å². The zero-order valence-electron chi connectivity index (χ0n) is 49.4. The summed E-state index contributed by atoms with van der Waals surface area (Å²) in [6, 6.07) is 11.5. The summed E-state index contributed by atoms with van der Waals surface area (Å²) in [5.74, 6) is 2.31. The quantitative estimate of drug-likeness (QED) is 0.0489. The fourth-order valence-electron chi connectivity index (χ4n) is 10.8. The number of nitrogens with zero attached hydrogens (tertiary/aromatic N) is 7. The number of anilines is 4. The number of pyridine rings is 4. The number of rotatable bonds is 0. The van der Waals surface area contributed by atoms with E-state index in [9.17, 15) is 33.2 Å². The molecule has 4 aromatic rings. The average Bonchev–Trinajstić information content (AvgIpc) is 1.73. The number of carbonyl (C=O) groups is 6. The second-order valence-corrected chi connectivity index (χ2v) is 24.5. The molecule has 4 spiro atoms. The second kappa shape index (κ2) is 30.6. The number of amides is 6. The number of hydrogen-bond donors (Lipinski definition) is 7. The molecular formula is C56H75BBr2ClFN13O12S. The Balaban J connectivity index is 0.000000208. The number of piperidine rings is 4. The van der Waals surface area contributed by atoms with E-state index in [1.807, 2.05) is 77.9 Å². The van der Waals surface area contributed by atoms with Gasteiger partial charge in [-0.3, -0.25) is 25.7 Å². The van der Waals surface area contributed by atoms with Gasteiger partial charge >= 0.3 is 61.3 Å². The van der Waals surface area contributed by atoms with Gasteiger partial charge in [0, 0.05) is 134 Å². The van der Waals surface area contributed by atoms with Gasteiger partial charge in [0.1, 0.15) is 56.9 Å². The van der Waals surface area contributed by atoms with Crippen LogP contribution in [0.5, 0.6) is 0 Å². The molecule has 0 atom stereocenters. The van der Waals surface area contributed by atoms with E-state index in [4.69, 9.17) is 29.8 Å². The molecule has 8 aliphatic rings. The SMILES string of the molecule is C.CC(C)(C)OC(=O)N1CCC2(CC1)OC(=O)Nc1ncc(Br)cc12.CC(C)(C)OC(=O)N1CCC2(CC1)OC(=O)Nc1ncccc12.Cl.O=C1Nc2ncc(Br)cc2C2(CCNCC2)O1.O=C1Nc2ncccc2C2(CCNCC2)O1.[2H]CF.[B]=NS. The van der Waals surface area contributed by atoms with E-state index in [-0.39, 0.29) is 32.0 Å². The van der Waals surface area contributed by atoms with Crippen LogP contribution in [0.15, 0.2) is 74.4 Å². The summed E-state index contributed by atoms with van der Waals surface area (Å²) in [7, 11) is 3.34. The van der Waals surface area contributed by atoms with Crippen LogP contribution in [0.4, 0.5) is 56.4 Å². The molecule has 25 nitrogen and oxygen atoms in total. The number of fused-ring (bicyclic) bond motifs is 8. The van der Waals surface area contributed by atoms with Crippen LogP contribution in [0.25, 0.3) is 0 Å². The van der Waals surface area contributed by atoms with Crippen molar-refractivity contribution < 1.29 is 62.9 Å². The minimum absolute atomic E-state index is 0. The molecular weight excluding hydrogens is 1300 g/mol. The number of carbonyl (C=O) groups excluding carboxylic acids is 6. The van der Waals surface area contributed by atoms with Crippen LogP contribution >= 0.6 is 57.1 Å². The Morgan fingerprint density at radius 3 is 1.18 bits per heavy atom. The summed E-state index contributed by atoms with van der Waals surface area (Å²) >= 11 is 10.0. The molecule has 31 heteroatoms. The number of ether oxygens (including phenoxy) is 6. The predicted octanol–water partition coefficient (Wildman–Crippen LogP) is 11.5. The van der Waals surface area contributed by atoms with Crippen LogP contribution in [0.3, 0.4) is 0 Å². The van der Waals surface area contributed by atoms with Gasteiger partial charge in [-0.25, -0.2) is 48.7 Å². The van der Waals surface area contributed by atoms with Crippen LogP contribution in [-0.4, -0.2) is 145 Å². The third-order valence-electron chi connectivity index (χ3n) is 14.6. The minimum atomic E-state index is -1.00. The number of halogens is 4. The zero-order chi connectivity index (χ0) is 62.5. The maximum absolute atomic E-state index is 12.2. The van der Waals surface area contributed by atoms with Crippen molar-refractivity contribution in [2.75, 3.05) is 80.8 Å². The Hall–Kier alpha value is -6.47. The third-order valence-corrected chi connectivity index (χ3v) is 15.5. The van der Waals surface area contributed by atoms with Crippen molar-refractivity contribution in [1.29, 1.82) is 0 Å². The average molecular weight is 1380 g/mol. The van der Waals surface area contributed by atoms with E-state index in [0.29, 0.717) is 75.1 Å². The molecule has 12 rings (SSSR count). The van der Waals surface area contributed by atoms with Crippen molar-refractivity contribution in [1.82, 2.24) is 40.4 Å². The molecule has 0 unspecified atom stereocenters. The summed E-state index contributed by atoms with van der Waals surface area (Å²) in [5.41, 5.74) is 0.139. The number of nitrogens with one attached hydrogen (secondary N) is 6. The summed E-state index contributed by atoms with van der Waals surface area (Å²) in [6.45, 7) is 16.3. The summed E-state index contributed by atoms with van der Waals surface area (Å²) < 4.78 is 53.0. The van der Waals surface area contributed by atoms with Gasteiger partial charge in [0.05, 0.1) is 8.52 Å². The summed E-state index contributed by atoms with van der Waals surface area (Å²) in [6.07, 6.45) is 9.37. The van der Waals surface area contributed by atoms with Crippen molar-refractivity contribution in [2.45, 2.75) is 134 Å². The van der Waals surface area contributed by atoms with Gasteiger partial charge in [-0.2, -0.15) is 0 Å². The standard InChI is InChI=1S/C16H20BrN3O4.C16H21N3O4.C11H12BrN3O2.C11H13N3O2.CH3F.CH4.BHNS.ClH/c1-15(2,3)24-14(22)20-6-4-16(5-7-20)11-8-10(17)9-18-12(11)19-13(21)23-16;1-15(2,3)23-14(21)19-9-6-16(7-10-19)11-5-4-8-17-12(11)18-13(20)22-16;12-7-5-8-9(14-6-7)15-10(16)17-11(8)1-3-13-4-2-11;15-10-14-9-8(2-1-5-13-9)11(16-10)3-6-12-7-4-11;1-2;;1-2-3;/h8-9H,4-7H2,1-3H3,(H,18,19,21);4-5,8H,6-7,9-10H2,1-3H3,(H,17,18,20);5-6,13H,1-4H2,(H,14,15,16);1-2,5,12H,3-4,6-7H2,(H,13,14,15);1H3;1H4;3H;1H/i;;;;1D;;;. The first-order valence-electron chi connectivity index (χ1n) is 28.0. The Bertz CT molecular complexity index is 3110. The van der Waals surface area contributed by atoms with Crippen molar-refractivity contribution >= 4 is 125 Å². The van der Waals surface area contributed by atoms with E-state index >= 15 is 0 Å². The summed E-state index contributed by atoms with van der Waals surface area (Å²) in [4.78, 5) is 91.4. The molecule has 87 heavy (non-hydrogen) atoms. The fraction of sp³-hybridized carbons (Fsp3) is 0.536. The van der Waals surface area contributed by atoms with Gasteiger partial charge < -0.3 is 48.9 Å². The van der Waals surface area contributed by atoms with Gasteiger partial charge in [-0.15, -0.1) is 12.4 Å². The van der Waals surface area contributed by atoms with Crippen LogP contribution in [0.2, 0.25) is 0 Å². The number of aromatic nitrogens is 4. The first-order chi connectivity index (χ1) is 40.8. The van der Waals surface area contributed by atoms with Crippen molar-refractivity contribution in [3.63, 3.8) is 0 Å².